The van der Waals surface area contributed by atoms with Gasteiger partial charge in [0.2, 0.25) is 0 Å². The Bertz CT molecular complexity index is 853. The molecule has 4 nitrogen and oxygen atoms in total. The third-order valence-corrected chi connectivity index (χ3v) is 3.92. The quantitative estimate of drug-likeness (QED) is 0.683. The molecule has 148 valence electrons. The van der Waals surface area contributed by atoms with Crippen LogP contribution in [0.3, 0.4) is 0 Å². The highest BCUT2D eigenvalue weighted by Crippen LogP contribution is 2.39. The van der Waals surface area contributed by atoms with Crippen molar-refractivity contribution in [2.45, 2.75) is 59.2 Å². The number of hydrogen-bond acceptors (Lipinski definition) is 4. The first-order chi connectivity index (χ1) is 12.3. The van der Waals surface area contributed by atoms with Crippen molar-refractivity contribution in [2.24, 2.45) is 0 Å². The summed E-state index contributed by atoms with van der Waals surface area (Å²) in [6.07, 6.45) is -4.79. The molecule has 0 unspecified atom stereocenters. The lowest BCUT2D eigenvalue weighted by atomic mass is 9.96. The maximum absolute atomic E-state index is 13.7. The summed E-state index contributed by atoms with van der Waals surface area (Å²) in [5, 5.41) is 3.53. The average molecular weight is 382 g/mol. The smallest absolute Gasteiger partial charge is 0.434 e. The number of ether oxygens (including phenoxy) is 1. The van der Waals surface area contributed by atoms with E-state index in [2.05, 4.69) is 10.3 Å². The van der Waals surface area contributed by atoms with Crippen LogP contribution in [0.15, 0.2) is 18.2 Å². The molecule has 1 N–H and O–H groups in total. The summed E-state index contributed by atoms with van der Waals surface area (Å²) in [7, 11) is 0. The van der Waals surface area contributed by atoms with Gasteiger partial charge in [-0.05, 0) is 51.3 Å². The van der Waals surface area contributed by atoms with Crippen LogP contribution < -0.4 is 5.32 Å². The summed E-state index contributed by atoms with van der Waals surface area (Å²) < 4.78 is 46.0. The highest BCUT2D eigenvalue weighted by atomic mass is 19.4. The van der Waals surface area contributed by atoms with Crippen molar-refractivity contribution in [2.75, 3.05) is 11.9 Å². The Balaban J connectivity index is 2.96. The molecule has 0 aliphatic rings. The van der Waals surface area contributed by atoms with Gasteiger partial charge >= 0.3 is 12.1 Å². The Hall–Kier alpha value is -2.31. The molecule has 0 saturated heterocycles. The van der Waals surface area contributed by atoms with Crippen LogP contribution >= 0.6 is 0 Å². The molecule has 0 amide bonds. The second kappa shape index (κ2) is 7.37. The molecular weight excluding hydrogens is 357 g/mol. The fourth-order valence-corrected chi connectivity index (χ4v) is 2.75. The standard InChI is InChI=1S/C20H25F3N2O2/c1-7-27-18(26)15-16(25-19(4,5)6)13-10-12(11(2)3)8-9-14(13)24-17(15)20(21,22)23/h8-11H,7H2,1-6H3,(H,24,25). The Morgan fingerprint density at radius 1 is 1.22 bits per heavy atom. The van der Waals surface area contributed by atoms with Gasteiger partial charge in [-0.15, -0.1) is 0 Å². The van der Waals surface area contributed by atoms with Gasteiger partial charge in [0, 0.05) is 10.9 Å². The van der Waals surface area contributed by atoms with E-state index in [0.717, 1.165) is 5.56 Å². The number of hydrogen-bond donors (Lipinski definition) is 1. The van der Waals surface area contributed by atoms with E-state index in [4.69, 9.17) is 4.74 Å². The first-order valence-corrected chi connectivity index (χ1v) is 8.85. The number of esters is 1. The number of nitrogens with one attached hydrogen (secondary N) is 1. The van der Waals surface area contributed by atoms with E-state index in [1.165, 1.54) is 0 Å². The molecule has 1 aromatic carbocycles. The van der Waals surface area contributed by atoms with Gasteiger partial charge in [-0.1, -0.05) is 19.9 Å². The van der Waals surface area contributed by atoms with Crippen LogP contribution in [0.2, 0.25) is 0 Å². The van der Waals surface area contributed by atoms with Crippen LogP contribution in [0, 0.1) is 0 Å². The number of rotatable bonds is 4. The number of benzene rings is 1. The normalized spacial score (nSPS) is 12.5. The molecule has 0 aliphatic heterocycles. The van der Waals surface area contributed by atoms with E-state index in [0.29, 0.717) is 5.39 Å². The average Bonchev–Trinajstić information content (AvgIpc) is 2.51. The molecule has 2 rings (SSSR count). The number of alkyl halides is 3. The minimum absolute atomic E-state index is 0.0326. The summed E-state index contributed by atoms with van der Waals surface area (Å²) in [5.41, 5.74) is -1.18. The molecule has 0 saturated carbocycles. The highest BCUT2D eigenvalue weighted by molar-refractivity contribution is 6.06. The zero-order chi connectivity index (χ0) is 20.6. The molecule has 2 aromatic rings. The van der Waals surface area contributed by atoms with Crippen molar-refractivity contribution in [3.05, 3.63) is 35.0 Å². The number of fused-ring (bicyclic) bond motifs is 1. The van der Waals surface area contributed by atoms with Gasteiger partial charge in [-0.3, -0.25) is 0 Å². The van der Waals surface area contributed by atoms with Crippen LogP contribution in [0.25, 0.3) is 10.9 Å². The van der Waals surface area contributed by atoms with Crippen molar-refractivity contribution in [3.8, 4) is 0 Å². The van der Waals surface area contributed by atoms with Crippen LogP contribution in [0.1, 0.15) is 69.1 Å². The summed E-state index contributed by atoms with van der Waals surface area (Å²) in [4.78, 5) is 16.3. The second-order valence-electron chi connectivity index (χ2n) is 7.73. The van der Waals surface area contributed by atoms with Crippen molar-refractivity contribution in [1.29, 1.82) is 0 Å². The third kappa shape index (κ3) is 4.70. The predicted molar refractivity (Wildman–Crippen MR) is 100 cm³/mol. The minimum atomic E-state index is -4.79. The maximum atomic E-state index is 13.7. The van der Waals surface area contributed by atoms with Crippen LogP contribution in [0.4, 0.5) is 18.9 Å². The molecule has 0 radical (unpaired) electrons. The summed E-state index contributed by atoms with van der Waals surface area (Å²) in [5.74, 6) is -0.869. The summed E-state index contributed by atoms with van der Waals surface area (Å²) >= 11 is 0. The lowest BCUT2D eigenvalue weighted by molar-refractivity contribution is -0.141. The van der Waals surface area contributed by atoms with Gasteiger partial charge in [-0.25, -0.2) is 9.78 Å². The molecule has 0 aliphatic carbocycles. The van der Waals surface area contributed by atoms with Gasteiger partial charge in [0.25, 0.3) is 0 Å². The molecule has 1 heterocycles. The minimum Gasteiger partial charge on any atom is -0.462 e. The van der Waals surface area contributed by atoms with Crippen molar-refractivity contribution < 1.29 is 22.7 Å². The van der Waals surface area contributed by atoms with E-state index in [1.54, 1.807) is 25.1 Å². The molecule has 0 fully saturated rings. The maximum Gasteiger partial charge on any atom is 0.434 e. The molecular formula is C20H25F3N2O2. The number of halogens is 3. The van der Waals surface area contributed by atoms with Crippen molar-refractivity contribution in [1.82, 2.24) is 4.98 Å². The molecule has 1 aromatic heterocycles. The monoisotopic (exact) mass is 382 g/mol. The number of carbonyl (C=O) groups excluding carboxylic acids is 1. The fraction of sp³-hybridized carbons (Fsp3) is 0.500. The Labute approximate surface area is 157 Å². The van der Waals surface area contributed by atoms with Gasteiger partial charge in [-0.2, -0.15) is 13.2 Å². The third-order valence-electron chi connectivity index (χ3n) is 3.92. The Kier molecular flexibility index (Phi) is 5.73. The van der Waals surface area contributed by atoms with Crippen LogP contribution in [0.5, 0.6) is 0 Å². The Morgan fingerprint density at radius 3 is 2.33 bits per heavy atom. The first kappa shape index (κ1) is 21.0. The van der Waals surface area contributed by atoms with E-state index < -0.39 is 28.9 Å². The molecule has 7 heteroatoms. The van der Waals surface area contributed by atoms with Crippen LogP contribution in [-0.2, 0) is 10.9 Å². The fourth-order valence-electron chi connectivity index (χ4n) is 2.75. The summed E-state index contributed by atoms with van der Waals surface area (Å²) in [6, 6.07) is 5.09. The van der Waals surface area contributed by atoms with Crippen LogP contribution in [-0.4, -0.2) is 23.1 Å². The topological polar surface area (TPSA) is 51.2 Å². The molecule has 27 heavy (non-hydrogen) atoms. The first-order valence-electron chi connectivity index (χ1n) is 8.85. The van der Waals surface area contributed by atoms with E-state index >= 15 is 0 Å². The zero-order valence-electron chi connectivity index (χ0n) is 16.4. The van der Waals surface area contributed by atoms with E-state index in [-0.39, 0.29) is 23.7 Å². The van der Waals surface area contributed by atoms with Gasteiger partial charge in [0.05, 0.1) is 17.8 Å². The largest absolute Gasteiger partial charge is 0.462 e. The number of pyridine rings is 1. The van der Waals surface area contributed by atoms with Gasteiger partial charge in [0.15, 0.2) is 5.69 Å². The SMILES string of the molecule is CCOC(=O)c1c(C(F)(F)F)nc2ccc(C(C)C)cc2c1NC(C)(C)C. The van der Waals surface area contributed by atoms with Gasteiger partial charge < -0.3 is 10.1 Å². The summed E-state index contributed by atoms with van der Waals surface area (Å²) in [6.45, 7) is 10.9. The molecule has 0 spiro atoms. The lowest BCUT2D eigenvalue weighted by Gasteiger charge is -2.26. The Morgan fingerprint density at radius 2 is 1.85 bits per heavy atom. The molecule has 0 bridgehead atoms. The number of anilines is 1. The van der Waals surface area contributed by atoms with E-state index in [1.807, 2.05) is 34.6 Å². The lowest BCUT2D eigenvalue weighted by Crippen LogP contribution is -2.29. The van der Waals surface area contributed by atoms with Gasteiger partial charge in [0.1, 0.15) is 5.56 Å². The number of aromatic nitrogens is 1. The number of nitrogens with zero attached hydrogens (tertiary/aromatic N) is 1. The van der Waals surface area contributed by atoms with Crippen molar-refractivity contribution >= 4 is 22.6 Å². The molecule has 0 atom stereocenters. The van der Waals surface area contributed by atoms with Crippen molar-refractivity contribution in [3.63, 3.8) is 0 Å². The van der Waals surface area contributed by atoms with E-state index in [9.17, 15) is 18.0 Å². The number of carbonyl (C=O) groups is 1. The second-order valence-corrected chi connectivity index (χ2v) is 7.73. The zero-order valence-corrected chi connectivity index (χ0v) is 16.4. The predicted octanol–water partition coefficient (Wildman–Crippen LogP) is 5.76. The highest BCUT2D eigenvalue weighted by Gasteiger charge is 2.40.